The van der Waals surface area contributed by atoms with E-state index in [9.17, 15) is 0 Å². The molecule has 0 spiro atoms. The highest BCUT2D eigenvalue weighted by Gasteiger charge is 2.01. The van der Waals surface area contributed by atoms with Crippen molar-refractivity contribution in [3.8, 4) is 0 Å². The maximum atomic E-state index is 5.88. The van der Waals surface area contributed by atoms with E-state index in [2.05, 4.69) is 10.3 Å². The van der Waals surface area contributed by atoms with Crippen LogP contribution in [0.4, 0.5) is 0 Å². The Bertz CT molecular complexity index is 422. The summed E-state index contributed by atoms with van der Waals surface area (Å²) in [4.78, 5) is 4.24. The monoisotopic (exact) mass is 195 g/mol. The van der Waals surface area contributed by atoms with Crippen molar-refractivity contribution < 1.29 is 0 Å². The first-order chi connectivity index (χ1) is 6.31. The minimum atomic E-state index is 0.725. The summed E-state index contributed by atoms with van der Waals surface area (Å²) in [6.07, 6.45) is 3.72. The van der Waals surface area contributed by atoms with Gasteiger partial charge in [-0.15, -0.1) is 0 Å². The average molecular weight is 196 g/mol. The van der Waals surface area contributed by atoms with Crippen molar-refractivity contribution in [1.29, 1.82) is 0 Å². The largest absolute Gasteiger partial charge is 0.314 e. The number of aromatic nitrogens is 2. The zero-order valence-corrected chi connectivity index (χ0v) is 8.04. The molecule has 2 heterocycles. The van der Waals surface area contributed by atoms with Crippen molar-refractivity contribution >= 4 is 17.2 Å². The molecule has 0 aliphatic carbocycles. The smallest absolute Gasteiger partial charge is 0.137 e. The van der Waals surface area contributed by atoms with Crippen LogP contribution in [0.5, 0.6) is 0 Å². The number of fused-ring (bicyclic) bond motifs is 1. The van der Waals surface area contributed by atoms with Gasteiger partial charge in [0.1, 0.15) is 5.65 Å². The number of nitrogens with one attached hydrogen (secondary N) is 1. The summed E-state index contributed by atoms with van der Waals surface area (Å²) in [5.41, 5.74) is 2.04. The molecule has 0 aliphatic rings. The van der Waals surface area contributed by atoms with Gasteiger partial charge in [-0.2, -0.15) is 0 Å². The standard InChI is InChI=1S/C9H10ClN3/c1-11-4-8-5-12-9-3-2-7(10)6-13(8)9/h2-3,5-6,11H,4H2,1H3. The van der Waals surface area contributed by atoms with Gasteiger partial charge in [-0.3, -0.25) is 0 Å². The Kier molecular flexibility index (Phi) is 2.20. The topological polar surface area (TPSA) is 29.3 Å². The molecule has 13 heavy (non-hydrogen) atoms. The second-order valence-corrected chi connectivity index (χ2v) is 3.29. The number of pyridine rings is 1. The van der Waals surface area contributed by atoms with E-state index in [1.165, 1.54) is 0 Å². The van der Waals surface area contributed by atoms with Gasteiger partial charge >= 0.3 is 0 Å². The maximum Gasteiger partial charge on any atom is 0.137 e. The van der Waals surface area contributed by atoms with Crippen LogP contribution in [0.25, 0.3) is 5.65 Å². The lowest BCUT2D eigenvalue weighted by molar-refractivity contribution is 0.782. The zero-order chi connectivity index (χ0) is 9.26. The van der Waals surface area contributed by atoms with Crippen LogP contribution < -0.4 is 5.32 Å². The van der Waals surface area contributed by atoms with Crippen LogP contribution >= 0.6 is 11.6 Å². The molecular formula is C9H10ClN3. The first kappa shape index (κ1) is 8.53. The van der Waals surface area contributed by atoms with Gasteiger partial charge in [0, 0.05) is 12.7 Å². The van der Waals surface area contributed by atoms with Crippen LogP contribution in [0.15, 0.2) is 24.5 Å². The van der Waals surface area contributed by atoms with E-state index in [4.69, 9.17) is 11.6 Å². The third-order valence-corrected chi connectivity index (χ3v) is 2.13. The van der Waals surface area contributed by atoms with Crippen LogP contribution in [-0.2, 0) is 6.54 Å². The van der Waals surface area contributed by atoms with E-state index in [-0.39, 0.29) is 0 Å². The molecule has 3 nitrogen and oxygen atoms in total. The molecule has 68 valence electrons. The summed E-state index contributed by atoms with van der Waals surface area (Å²) < 4.78 is 1.98. The number of halogens is 1. The second-order valence-electron chi connectivity index (χ2n) is 2.86. The zero-order valence-electron chi connectivity index (χ0n) is 7.29. The summed E-state index contributed by atoms with van der Waals surface area (Å²) in [6, 6.07) is 3.74. The van der Waals surface area contributed by atoms with Crippen LogP contribution in [0.1, 0.15) is 5.69 Å². The van der Waals surface area contributed by atoms with Gasteiger partial charge in [0.25, 0.3) is 0 Å². The fourth-order valence-corrected chi connectivity index (χ4v) is 1.48. The average Bonchev–Trinajstić information content (AvgIpc) is 2.49. The predicted molar refractivity (Wildman–Crippen MR) is 53.0 cm³/mol. The Balaban J connectivity index is 2.58. The molecule has 0 saturated heterocycles. The molecule has 0 atom stereocenters. The van der Waals surface area contributed by atoms with Gasteiger partial charge in [-0.1, -0.05) is 11.6 Å². The molecule has 0 amide bonds. The molecule has 0 fully saturated rings. The Labute approximate surface area is 81.4 Å². The molecule has 4 heteroatoms. The Hall–Kier alpha value is -1.06. The lowest BCUT2D eigenvalue weighted by Crippen LogP contribution is -2.07. The molecule has 0 unspecified atom stereocenters. The van der Waals surface area contributed by atoms with E-state index in [1.54, 1.807) is 0 Å². The van der Waals surface area contributed by atoms with E-state index in [0.29, 0.717) is 0 Å². The number of imidazole rings is 1. The number of hydrogen-bond acceptors (Lipinski definition) is 2. The minimum Gasteiger partial charge on any atom is -0.314 e. The highest BCUT2D eigenvalue weighted by molar-refractivity contribution is 6.30. The van der Waals surface area contributed by atoms with Crippen molar-refractivity contribution in [3.05, 3.63) is 35.2 Å². The first-order valence-corrected chi connectivity index (χ1v) is 4.45. The molecule has 0 radical (unpaired) electrons. The van der Waals surface area contributed by atoms with Gasteiger partial charge in [0.05, 0.1) is 16.9 Å². The number of hydrogen-bond donors (Lipinski definition) is 1. The van der Waals surface area contributed by atoms with Gasteiger partial charge in [-0.25, -0.2) is 4.98 Å². The van der Waals surface area contributed by atoms with Crippen molar-refractivity contribution in [2.45, 2.75) is 6.54 Å². The normalized spacial score (nSPS) is 10.9. The van der Waals surface area contributed by atoms with Crippen LogP contribution in [0, 0.1) is 0 Å². The molecule has 0 aromatic carbocycles. The van der Waals surface area contributed by atoms with Crippen molar-refractivity contribution in [2.75, 3.05) is 7.05 Å². The minimum absolute atomic E-state index is 0.725. The van der Waals surface area contributed by atoms with E-state index in [0.717, 1.165) is 22.9 Å². The quantitative estimate of drug-likeness (QED) is 0.791. The van der Waals surface area contributed by atoms with Gasteiger partial charge in [-0.05, 0) is 19.2 Å². The SMILES string of the molecule is CNCc1cnc2ccc(Cl)cn12. The molecule has 0 aliphatic heterocycles. The molecule has 0 saturated carbocycles. The van der Waals surface area contributed by atoms with E-state index in [1.807, 2.05) is 36.0 Å². The van der Waals surface area contributed by atoms with Crippen molar-refractivity contribution in [2.24, 2.45) is 0 Å². The van der Waals surface area contributed by atoms with E-state index < -0.39 is 0 Å². The van der Waals surface area contributed by atoms with Gasteiger partial charge < -0.3 is 9.72 Å². The fraction of sp³-hybridized carbons (Fsp3) is 0.222. The van der Waals surface area contributed by atoms with Gasteiger partial charge in [0.15, 0.2) is 0 Å². The maximum absolute atomic E-state index is 5.88. The molecule has 2 aromatic rings. The molecule has 2 rings (SSSR count). The molecular weight excluding hydrogens is 186 g/mol. The number of rotatable bonds is 2. The Morgan fingerprint density at radius 1 is 1.54 bits per heavy atom. The van der Waals surface area contributed by atoms with Crippen LogP contribution in [0.2, 0.25) is 5.02 Å². The molecule has 0 bridgehead atoms. The van der Waals surface area contributed by atoms with Crippen molar-refractivity contribution in [3.63, 3.8) is 0 Å². The van der Waals surface area contributed by atoms with Crippen molar-refractivity contribution in [1.82, 2.24) is 14.7 Å². The third kappa shape index (κ3) is 1.53. The summed E-state index contributed by atoms with van der Waals surface area (Å²) in [6.45, 7) is 0.793. The fourth-order valence-electron chi connectivity index (χ4n) is 1.32. The predicted octanol–water partition coefficient (Wildman–Crippen LogP) is 1.71. The first-order valence-electron chi connectivity index (χ1n) is 4.07. The Morgan fingerprint density at radius 2 is 2.38 bits per heavy atom. The third-order valence-electron chi connectivity index (χ3n) is 1.90. The Morgan fingerprint density at radius 3 is 3.15 bits per heavy atom. The second kappa shape index (κ2) is 3.36. The summed E-state index contributed by atoms with van der Waals surface area (Å²) in [5, 5.41) is 3.80. The number of nitrogens with zero attached hydrogens (tertiary/aromatic N) is 2. The summed E-state index contributed by atoms with van der Waals surface area (Å²) in [5.74, 6) is 0. The highest BCUT2D eigenvalue weighted by Crippen LogP contribution is 2.12. The van der Waals surface area contributed by atoms with E-state index >= 15 is 0 Å². The van der Waals surface area contributed by atoms with Crippen LogP contribution in [-0.4, -0.2) is 16.4 Å². The highest BCUT2D eigenvalue weighted by atomic mass is 35.5. The lowest BCUT2D eigenvalue weighted by atomic mass is 10.4. The van der Waals surface area contributed by atoms with Crippen LogP contribution in [0.3, 0.4) is 0 Å². The summed E-state index contributed by atoms with van der Waals surface area (Å²) >= 11 is 5.88. The molecule has 1 N–H and O–H groups in total. The van der Waals surface area contributed by atoms with Gasteiger partial charge in [0.2, 0.25) is 0 Å². The molecule has 2 aromatic heterocycles. The summed E-state index contributed by atoms with van der Waals surface area (Å²) in [7, 11) is 1.91. The lowest BCUT2D eigenvalue weighted by Gasteiger charge is -2.00.